The fraction of sp³-hybridized carbons (Fsp3) is 0.500. The molecule has 0 bridgehead atoms. The summed E-state index contributed by atoms with van der Waals surface area (Å²) in [6.45, 7) is 4.44. The first kappa shape index (κ1) is 14.5. The van der Waals surface area contributed by atoms with Gasteiger partial charge >= 0.3 is 0 Å². The lowest BCUT2D eigenvalue weighted by molar-refractivity contribution is 0.0939. The molecule has 4 nitrogen and oxygen atoms in total. The zero-order chi connectivity index (χ0) is 13.5. The van der Waals surface area contributed by atoms with Gasteiger partial charge in [-0.1, -0.05) is 6.92 Å². The molecule has 0 heterocycles. The normalized spacial score (nSPS) is 12.0. The van der Waals surface area contributed by atoms with Gasteiger partial charge in [-0.25, -0.2) is 0 Å². The van der Waals surface area contributed by atoms with E-state index >= 15 is 0 Å². The highest BCUT2D eigenvalue weighted by Gasteiger charge is 2.11. The second-order valence-electron chi connectivity index (χ2n) is 4.24. The third-order valence-electron chi connectivity index (χ3n) is 2.83. The van der Waals surface area contributed by atoms with Gasteiger partial charge in [0.15, 0.2) is 0 Å². The highest BCUT2D eigenvalue weighted by atomic mass is 16.5. The maximum absolute atomic E-state index is 12.0. The van der Waals surface area contributed by atoms with E-state index in [1.54, 1.807) is 32.4 Å². The van der Waals surface area contributed by atoms with Gasteiger partial charge < -0.3 is 14.8 Å². The molecule has 1 amide bonds. The van der Waals surface area contributed by atoms with Gasteiger partial charge in [0.05, 0.1) is 13.7 Å². The van der Waals surface area contributed by atoms with E-state index < -0.39 is 0 Å². The first-order valence-electron chi connectivity index (χ1n) is 6.09. The Balaban J connectivity index is 2.89. The van der Waals surface area contributed by atoms with Crippen molar-refractivity contribution in [2.24, 2.45) is 0 Å². The largest absolute Gasteiger partial charge is 0.496 e. The van der Waals surface area contributed by atoms with E-state index in [1.807, 2.05) is 13.8 Å². The van der Waals surface area contributed by atoms with Crippen LogP contribution in [-0.4, -0.2) is 26.2 Å². The van der Waals surface area contributed by atoms with Crippen LogP contribution in [0.15, 0.2) is 18.2 Å². The molecule has 1 aromatic rings. The highest BCUT2D eigenvalue weighted by molar-refractivity contribution is 5.94. The van der Waals surface area contributed by atoms with Gasteiger partial charge in [-0.15, -0.1) is 0 Å². The smallest absolute Gasteiger partial charge is 0.251 e. The van der Waals surface area contributed by atoms with Crippen LogP contribution in [0.25, 0.3) is 0 Å². The van der Waals surface area contributed by atoms with Crippen molar-refractivity contribution in [2.75, 3.05) is 14.2 Å². The lowest BCUT2D eigenvalue weighted by Crippen LogP contribution is -2.31. The number of amides is 1. The molecule has 0 radical (unpaired) electrons. The van der Waals surface area contributed by atoms with Gasteiger partial charge in [0, 0.05) is 24.3 Å². The van der Waals surface area contributed by atoms with Crippen LogP contribution in [0.3, 0.4) is 0 Å². The average molecular weight is 251 g/mol. The molecule has 100 valence electrons. The van der Waals surface area contributed by atoms with Crippen LogP contribution in [0.2, 0.25) is 0 Å². The van der Waals surface area contributed by atoms with Crippen molar-refractivity contribution >= 4 is 5.91 Å². The zero-order valence-corrected chi connectivity index (χ0v) is 11.4. The minimum absolute atomic E-state index is 0.0654. The molecule has 18 heavy (non-hydrogen) atoms. The van der Waals surface area contributed by atoms with Gasteiger partial charge in [0.2, 0.25) is 0 Å². The monoisotopic (exact) mass is 251 g/mol. The standard InChI is InChI=1S/C14H21NO3/c1-5-10(2)15-14(16)11-6-7-13(18-4)12(8-11)9-17-3/h6-8,10H,5,9H2,1-4H3,(H,15,16). The second-order valence-corrected chi connectivity index (χ2v) is 4.24. The van der Waals surface area contributed by atoms with Crippen LogP contribution in [0.4, 0.5) is 0 Å². The lowest BCUT2D eigenvalue weighted by atomic mass is 10.1. The second kappa shape index (κ2) is 7.01. The van der Waals surface area contributed by atoms with Gasteiger partial charge in [-0.2, -0.15) is 0 Å². The molecule has 0 aromatic heterocycles. The number of nitrogens with one attached hydrogen (secondary N) is 1. The van der Waals surface area contributed by atoms with Gasteiger partial charge in [0.25, 0.3) is 5.91 Å². The topological polar surface area (TPSA) is 47.6 Å². The number of carbonyl (C=O) groups is 1. The summed E-state index contributed by atoms with van der Waals surface area (Å²) in [6.07, 6.45) is 0.910. The summed E-state index contributed by atoms with van der Waals surface area (Å²) >= 11 is 0. The van der Waals surface area contributed by atoms with Gasteiger partial charge in [-0.3, -0.25) is 4.79 Å². The molecule has 1 N–H and O–H groups in total. The number of benzene rings is 1. The third-order valence-corrected chi connectivity index (χ3v) is 2.83. The Kier molecular flexibility index (Phi) is 5.65. The molecule has 1 atom stereocenters. The number of carbonyl (C=O) groups excluding carboxylic acids is 1. The molecule has 0 spiro atoms. The SMILES string of the molecule is CCC(C)NC(=O)c1ccc(OC)c(COC)c1. The molecule has 1 aromatic carbocycles. The van der Waals surface area contributed by atoms with Crippen LogP contribution in [0.5, 0.6) is 5.75 Å². The fourth-order valence-corrected chi connectivity index (χ4v) is 1.60. The summed E-state index contributed by atoms with van der Waals surface area (Å²) < 4.78 is 10.3. The Morgan fingerprint density at radius 3 is 2.67 bits per heavy atom. The van der Waals surface area contributed by atoms with Crippen LogP contribution >= 0.6 is 0 Å². The Morgan fingerprint density at radius 2 is 2.11 bits per heavy atom. The van der Waals surface area contributed by atoms with Crippen molar-refractivity contribution < 1.29 is 14.3 Å². The number of methoxy groups -OCH3 is 2. The molecule has 0 fully saturated rings. The van der Waals surface area contributed by atoms with Crippen molar-refractivity contribution in [3.05, 3.63) is 29.3 Å². The molecule has 0 saturated carbocycles. The summed E-state index contributed by atoms with van der Waals surface area (Å²) in [4.78, 5) is 12.0. The molecular weight excluding hydrogens is 230 g/mol. The number of ether oxygens (including phenoxy) is 2. The summed E-state index contributed by atoms with van der Waals surface area (Å²) in [5.74, 6) is 0.668. The minimum Gasteiger partial charge on any atom is -0.496 e. The van der Waals surface area contributed by atoms with Crippen molar-refractivity contribution in [3.8, 4) is 5.75 Å². The number of hydrogen-bond acceptors (Lipinski definition) is 3. The maximum atomic E-state index is 12.0. The minimum atomic E-state index is -0.0654. The Morgan fingerprint density at radius 1 is 1.39 bits per heavy atom. The van der Waals surface area contributed by atoms with E-state index in [0.29, 0.717) is 12.2 Å². The number of rotatable bonds is 6. The Hall–Kier alpha value is -1.55. The van der Waals surface area contributed by atoms with Crippen LogP contribution in [-0.2, 0) is 11.3 Å². The van der Waals surface area contributed by atoms with Crippen molar-refractivity contribution in [1.29, 1.82) is 0 Å². The van der Waals surface area contributed by atoms with E-state index in [2.05, 4.69) is 5.32 Å². The van der Waals surface area contributed by atoms with Crippen molar-refractivity contribution in [3.63, 3.8) is 0 Å². The average Bonchev–Trinajstić information content (AvgIpc) is 2.38. The summed E-state index contributed by atoms with van der Waals surface area (Å²) in [5.41, 5.74) is 1.50. The molecule has 0 aliphatic heterocycles. The fourth-order valence-electron chi connectivity index (χ4n) is 1.60. The molecule has 4 heteroatoms. The van der Waals surface area contributed by atoms with Crippen LogP contribution in [0.1, 0.15) is 36.2 Å². The third kappa shape index (κ3) is 3.74. The quantitative estimate of drug-likeness (QED) is 0.844. The van der Waals surface area contributed by atoms with Gasteiger partial charge in [0.1, 0.15) is 5.75 Å². The summed E-state index contributed by atoms with van der Waals surface area (Å²) in [7, 11) is 3.22. The van der Waals surface area contributed by atoms with Crippen LogP contribution in [0, 0.1) is 0 Å². The van der Waals surface area contributed by atoms with E-state index in [0.717, 1.165) is 17.7 Å². The Bertz CT molecular complexity index is 404. The molecule has 1 unspecified atom stereocenters. The van der Waals surface area contributed by atoms with Gasteiger partial charge in [-0.05, 0) is 31.5 Å². The molecule has 1 rings (SSSR count). The summed E-state index contributed by atoms with van der Waals surface area (Å²) in [6, 6.07) is 5.53. The Labute approximate surface area is 108 Å². The van der Waals surface area contributed by atoms with E-state index in [9.17, 15) is 4.79 Å². The van der Waals surface area contributed by atoms with E-state index in [-0.39, 0.29) is 11.9 Å². The predicted molar refractivity (Wildman–Crippen MR) is 70.9 cm³/mol. The van der Waals surface area contributed by atoms with Crippen molar-refractivity contribution in [1.82, 2.24) is 5.32 Å². The van der Waals surface area contributed by atoms with E-state index in [1.165, 1.54) is 0 Å². The zero-order valence-electron chi connectivity index (χ0n) is 11.4. The number of hydrogen-bond donors (Lipinski definition) is 1. The molecule has 0 aliphatic rings. The molecule has 0 saturated heterocycles. The van der Waals surface area contributed by atoms with E-state index in [4.69, 9.17) is 9.47 Å². The lowest BCUT2D eigenvalue weighted by Gasteiger charge is -2.13. The molecule has 0 aliphatic carbocycles. The highest BCUT2D eigenvalue weighted by Crippen LogP contribution is 2.20. The van der Waals surface area contributed by atoms with Crippen molar-refractivity contribution in [2.45, 2.75) is 32.9 Å². The molecular formula is C14H21NO3. The van der Waals surface area contributed by atoms with Crippen LogP contribution < -0.4 is 10.1 Å². The first-order chi connectivity index (χ1) is 8.62. The maximum Gasteiger partial charge on any atom is 0.251 e. The summed E-state index contributed by atoms with van der Waals surface area (Å²) in [5, 5.41) is 2.93. The first-order valence-corrected chi connectivity index (χ1v) is 6.09. The predicted octanol–water partition coefficient (Wildman–Crippen LogP) is 2.37.